The Bertz CT molecular complexity index is 1380. The molecule has 0 saturated carbocycles. The SMILES string of the molecule is CC1=NN(c2c(F)c(F)c(F)c(F)c2F)C(=O)/C1=C/c1ccc(OCc2ccc(Br)cc2)c(Br)c1. The first-order chi connectivity index (χ1) is 16.6. The molecule has 0 atom stereocenters. The number of carbonyl (C=O) groups is 1. The lowest BCUT2D eigenvalue weighted by Gasteiger charge is -2.15. The molecule has 1 aliphatic rings. The lowest BCUT2D eigenvalue weighted by molar-refractivity contribution is -0.114. The lowest BCUT2D eigenvalue weighted by Crippen LogP contribution is -2.25. The van der Waals surface area contributed by atoms with Crippen molar-refractivity contribution in [2.75, 3.05) is 5.01 Å². The summed E-state index contributed by atoms with van der Waals surface area (Å²) < 4.78 is 76.3. The molecule has 0 aromatic heterocycles. The molecule has 0 spiro atoms. The van der Waals surface area contributed by atoms with Crippen molar-refractivity contribution in [3.8, 4) is 5.75 Å². The van der Waals surface area contributed by atoms with Crippen LogP contribution in [-0.4, -0.2) is 11.6 Å². The summed E-state index contributed by atoms with van der Waals surface area (Å²) in [7, 11) is 0. The molecule has 0 bridgehead atoms. The second-order valence-electron chi connectivity index (χ2n) is 7.38. The van der Waals surface area contributed by atoms with Crippen molar-refractivity contribution >= 4 is 55.2 Å². The molecule has 0 saturated heterocycles. The standard InChI is InChI=1S/C24H13Br2F5N2O2/c1-11-15(24(34)33(32-11)23-21(30)19(28)18(27)20(29)22(23)31)8-13-4-7-17(16(26)9-13)35-10-12-2-5-14(25)6-3-12/h2-9H,10H2,1H3/b15-8+. The third-order valence-electron chi connectivity index (χ3n) is 5.04. The van der Waals surface area contributed by atoms with Crippen LogP contribution >= 0.6 is 31.9 Å². The average Bonchev–Trinajstić information content (AvgIpc) is 3.10. The maximum Gasteiger partial charge on any atom is 0.280 e. The van der Waals surface area contributed by atoms with Gasteiger partial charge in [0, 0.05) is 4.47 Å². The monoisotopic (exact) mass is 614 g/mol. The van der Waals surface area contributed by atoms with Gasteiger partial charge in [0.25, 0.3) is 5.91 Å². The first-order valence-corrected chi connectivity index (χ1v) is 11.5. The molecule has 0 radical (unpaired) electrons. The molecule has 1 heterocycles. The summed E-state index contributed by atoms with van der Waals surface area (Å²) in [5, 5.41) is 3.89. The molecule has 35 heavy (non-hydrogen) atoms. The van der Waals surface area contributed by atoms with Crippen molar-refractivity contribution in [1.82, 2.24) is 0 Å². The third-order valence-corrected chi connectivity index (χ3v) is 6.18. The number of hydrazone groups is 1. The van der Waals surface area contributed by atoms with Crippen LogP contribution in [0.25, 0.3) is 6.08 Å². The summed E-state index contributed by atoms with van der Waals surface area (Å²) in [6.07, 6.45) is 1.39. The van der Waals surface area contributed by atoms with E-state index in [1.165, 1.54) is 13.0 Å². The van der Waals surface area contributed by atoms with Crippen LogP contribution in [0.2, 0.25) is 0 Å². The summed E-state index contributed by atoms with van der Waals surface area (Å²) in [6.45, 7) is 1.69. The number of anilines is 1. The molecular weight excluding hydrogens is 603 g/mol. The molecule has 0 N–H and O–H groups in total. The van der Waals surface area contributed by atoms with Crippen LogP contribution in [0.1, 0.15) is 18.1 Å². The van der Waals surface area contributed by atoms with E-state index in [0.717, 1.165) is 10.0 Å². The number of hydrogen-bond donors (Lipinski definition) is 0. The largest absolute Gasteiger partial charge is 0.488 e. The van der Waals surface area contributed by atoms with E-state index in [2.05, 4.69) is 37.0 Å². The minimum absolute atomic E-state index is 0.0330. The van der Waals surface area contributed by atoms with Gasteiger partial charge in [-0.15, -0.1) is 0 Å². The van der Waals surface area contributed by atoms with Gasteiger partial charge in [0.1, 0.15) is 18.0 Å². The molecule has 0 unspecified atom stereocenters. The van der Waals surface area contributed by atoms with E-state index in [1.807, 2.05) is 24.3 Å². The van der Waals surface area contributed by atoms with Gasteiger partial charge in [-0.1, -0.05) is 34.1 Å². The summed E-state index contributed by atoms with van der Waals surface area (Å²) in [5.74, 6) is -11.5. The Morgan fingerprint density at radius 1 is 0.914 bits per heavy atom. The van der Waals surface area contributed by atoms with Crippen LogP contribution in [0.3, 0.4) is 0 Å². The quantitative estimate of drug-likeness (QED) is 0.131. The molecule has 11 heteroatoms. The molecule has 1 aliphatic heterocycles. The molecule has 4 nitrogen and oxygen atoms in total. The van der Waals surface area contributed by atoms with Gasteiger partial charge in [-0.2, -0.15) is 10.1 Å². The van der Waals surface area contributed by atoms with Crippen molar-refractivity contribution < 1.29 is 31.5 Å². The van der Waals surface area contributed by atoms with E-state index in [9.17, 15) is 26.7 Å². The predicted molar refractivity (Wildman–Crippen MR) is 127 cm³/mol. The van der Waals surface area contributed by atoms with Crippen molar-refractivity contribution in [3.05, 3.63) is 97.2 Å². The molecule has 180 valence electrons. The highest BCUT2D eigenvalue weighted by Crippen LogP contribution is 2.34. The van der Waals surface area contributed by atoms with Gasteiger partial charge in [-0.05, 0) is 64.3 Å². The normalized spacial score (nSPS) is 14.6. The van der Waals surface area contributed by atoms with Crippen molar-refractivity contribution in [1.29, 1.82) is 0 Å². The van der Waals surface area contributed by atoms with E-state index in [-0.39, 0.29) is 16.3 Å². The highest BCUT2D eigenvalue weighted by Gasteiger charge is 2.37. The number of halogens is 7. The summed E-state index contributed by atoms with van der Waals surface area (Å²) in [6, 6.07) is 12.5. The summed E-state index contributed by atoms with van der Waals surface area (Å²) in [5.41, 5.74) is -0.0324. The van der Waals surface area contributed by atoms with E-state index in [1.54, 1.807) is 18.2 Å². The predicted octanol–water partition coefficient (Wildman–Crippen LogP) is 7.29. The fourth-order valence-corrected chi connectivity index (χ4v) is 4.02. The van der Waals surface area contributed by atoms with Crippen LogP contribution in [0.15, 0.2) is 62.1 Å². The first-order valence-electron chi connectivity index (χ1n) is 9.88. The Balaban J connectivity index is 1.58. The Morgan fingerprint density at radius 3 is 2.11 bits per heavy atom. The van der Waals surface area contributed by atoms with Crippen molar-refractivity contribution in [2.24, 2.45) is 5.10 Å². The number of rotatable bonds is 5. The summed E-state index contributed by atoms with van der Waals surface area (Å²) in [4.78, 5) is 12.8. The molecule has 0 fully saturated rings. The van der Waals surface area contributed by atoms with Crippen molar-refractivity contribution in [2.45, 2.75) is 13.5 Å². The van der Waals surface area contributed by atoms with Gasteiger partial charge >= 0.3 is 0 Å². The Morgan fingerprint density at radius 2 is 1.51 bits per heavy atom. The van der Waals surface area contributed by atoms with Gasteiger partial charge in [0.2, 0.25) is 5.82 Å². The van der Waals surface area contributed by atoms with E-state index >= 15 is 0 Å². The molecule has 4 rings (SSSR count). The van der Waals surface area contributed by atoms with Gasteiger partial charge in [0.15, 0.2) is 23.3 Å². The number of amides is 1. The molecule has 0 aliphatic carbocycles. The Labute approximate surface area is 213 Å². The zero-order valence-corrected chi connectivity index (χ0v) is 20.9. The Kier molecular flexibility index (Phi) is 7.09. The second-order valence-corrected chi connectivity index (χ2v) is 9.15. The highest BCUT2D eigenvalue weighted by molar-refractivity contribution is 9.10. The molecular formula is C24H13Br2F5N2O2. The van der Waals surface area contributed by atoms with Crippen molar-refractivity contribution in [3.63, 3.8) is 0 Å². The topological polar surface area (TPSA) is 41.9 Å². The minimum atomic E-state index is -2.32. The number of carbonyl (C=O) groups excluding carboxylic acids is 1. The molecule has 3 aromatic carbocycles. The fourth-order valence-electron chi connectivity index (χ4n) is 3.25. The van der Waals surface area contributed by atoms with Gasteiger partial charge in [-0.3, -0.25) is 4.79 Å². The smallest absolute Gasteiger partial charge is 0.280 e. The van der Waals surface area contributed by atoms with Crippen LogP contribution in [0.5, 0.6) is 5.75 Å². The third kappa shape index (κ3) is 4.87. The number of ether oxygens (including phenoxy) is 1. The fraction of sp³-hybridized carbons (Fsp3) is 0.0833. The number of hydrogen-bond acceptors (Lipinski definition) is 3. The highest BCUT2D eigenvalue weighted by atomic mass is 79.9. The van der Waals surface area contributed by atoms with Crippen LogP contribution in [-0.2, 0) is 11.4 Å². The lowest BCUT2D eigenvalue weighted by atomic mass is 10.1. The Hall–Kier alpha value is -3.05. The number of benzene rings is 3. The van der Waals surface area contributed by atoms with E-state index in [4.69, 9.17) is 4.74 Å². The number of nitrogens with zero attached hydrogens (tertiary/aromatic N) is 2. The van der Waals surface area contributed by atoms with Gasteiger partial charge in [0.05, 0.1) is 15.8 Å². The second kappa shape index (κ2) is 9.90. The molecule has 1 amide bonds. The molecule has 3 aromatic rings. The maximum absolute atomic E-state index is 14.2. The summed E-state index contributed by atoms with van der Waals surface area (Å²) >= 11 is 6.76. The van der Waals surface area contributed by atoms with E-state index in [0.29, 0.717) is 22.4 Å². The van der Waals surface area contributed by atoms with Crippen LogP contribution < -0.4 is 9.75 Å². The zero-order valence-electron chi connectivity index (χ0n) is 17.7. The first kappa shape index (κ1) is 25.1. The average molecular weight is 616 g/mol. The van der Waals surface area contributed by atoms with Gasteiger partial charge in [-0.25, -0.2) is 22.0 Å². The zero-order chi connectivity index (χ0) is 25.4. The van der Waals surface area contributed by atoms with Crippen LogP contribution in [0.4, 0.5) is 27.6 Å². The van der Waals surface area contributed by atoms with E-state index < -0.39 is 40.7 Å². The maximum atomic E-state index is 14.2. The minimum Gasteiger partial charge on any atom is -0.488 e. The van der Waals surface area contributed by atoms with Crippen LogP contribution in [0, 0.1) is 29.1 Å². The van der Waals surface area contributed by atoms with Gasteiger partial charge < -0.3 is 4.74 Å².